The molecule has 4 nitrogen and oxygen atoms in total. The van der Waals surface area contributed by atoms with Crippen LogP contribution in [0.4, 0.5) is 0 Å². The lowest BCUT2D eigenvalue weighted by atomic mass is 10.2. The van der Waals surface area contributed by atoms with Gasteiger partial charge in [0.15, 0.2) is 0 Å². The monoisotopic (exact) mass is 272 g/mol. The number of rotatable bonds is 7. The summed E-state index contributed by atoms with van der Waals surface area (Å²) in [7, 11) is 2.12. The third-order valence-corrected chi connectivity index (χ3v) is 3.15. The molecule has 0 fully saturated rings. The van der Waals surface area contributed by atoms with E-state index in [4.69, 9.17) is 0 Å². The van der Waals surface area contributed by atoms with Crippen molar-refractivity contribution in [2.75, 3.05) is 26.7 Å². The molecule has 0 atom stereocenters. The Bertz CT molecular complexity index is 539. The molecular formula is C16H24N4. The number of para-hydroxylation sites is 2. The molecule has 0 saturated heterocycles. The van der Waals surface area contributed by atoms with E-state index in [0.717, 1.165) is 42.9 Å². The van der Waals surface area contributed by atoms with Gasteiger partial charge < -0.3 is 5.32 Å². The van der Waals surface area contributed by atoms with E-state index in [0.29, 0.717) is 5.92 Å². The maximum absolute atomic E-state index is 4.65. The van der Waals surface area contributed by atoms with Gasteiger partial charge in [-0.3, -0.25) is 9.88 Å². The predicted octanol–water partition coefficient (Wildman–Crippen LogP) is 2.31. The quantitative estimate of drug-likeness (QED) is 0.785. The van der Waals surface area contributed by atoms with E-state index in [9.17, 15) is 0 Å². The van der Waals surface area contributed by atoms with Crippen molar-refractivity contribution in [2.24, 2.45) is 5.92 Å². The fraction of sp³-hybridized carbons (Fsp3) is 0.500. The second-order valence-electron chi connectivity index (χ2n) is 5.69. The van der Waals surface area contributed by atoms with Gasteiger partial charge in [0.25, 0.3) is 0 Å². The fourth-order valence-electron chi connectivity index (χ4n) is 2.09. The van der Waals surface area contributed by atoms with Crippen molar-refractivity contribution in [1.29, 1.82) is 0 Å². The van der Waals surface area contributed by atoms with Crippen LogP contribution >= 0.6 is 0 Å². The largest absolute Gasteiger partial charge is 0.315 e. The van der Waals surface area contributed by atoms with E-state index < -0.39 is 0 Å². The Morgan fingerprint density at radius 1 is 1.20 bits per heavy atom. The number of aromatic nitrogens is 2. The average Bonchev–Trinajstić information content (AvgIpc) is 2.43. The highest BCUT2D eigenvalue weighted by atomic mass is 15.1. The van der Waals surface area contributed by atoms with Crippen LogP contribution in [0.3, 0.4) is 0 Å². The average molecular weight is 272 g/mol. The first-order chi connectivity index (χ1) is 9.65. The molecule has 0 aliphatic rings. The number of hydrogen-bond acceptors (Lipinski definition) is 4. The first-order valence-electron chi connectivity index (χ1n) is 7.25. The first kappa shape index (κ1) is 14.9. The topological polar surface area (TPSA) is 41.0 Å². The molecule has 0 unspecified atom stereocenters. The van der Waals surface area contributed by atoms with Crippen molar-refractivity contribution in [2.45, 2.75) is 20.4 Å². The molecule has 0 aliphatic carbocycles. The Morgan fingerprint density at radius 3 is 2.70 bits per heavy atom. The maximum Gasteiger partial charge on any atom is 0.0890 e. The molecule has 1 heterocycles. The highest BCUT2D eigenvalue weighted by Crippen LogP contribution is 2.09. The zero-order valence-corrected chi connectivity index (χ0v) is 12.6. The molecule has 4 heteroatoms. The predicted molar refractivity (Wildman–Crippen MR) is 83.6 cm³/mol. The van der Waals surface area contributed by atoms with Crippen LogP contribution in [-0.2, 0) is 6.54 Å². The molecule has 0 aliphatic heterocycles. The highest BCUT2D eigenvalue weighted by molar-refractivity contribution is 5.73. The van der Waals surface area contributed by atoms with Crippen molar-refractivity contribution < 1.29 is 0 Å². The Kier molecular flexibility index (Phi) is 5.44. The lowest BCUT2D eigenvalue weighted by Crippen LogP contribution is -2.31. The van der Waals surface area contributed by atoms with Crippen molar-refractivity contribution in [3.05, 3.63) is 36.2 Å². The van der Waals surface area contributed by atoms with Gasteiger partial charge in [0.05, 0.1) is 22.9 Å². The third kappa shape index (κ3) is 4.54. The van der Waals surface area contributed by atoms with Gasteiger partial charge in [-0.25, -0.2) is 4.98 Å². The first-order valence-corrected chi connectivity index (χ1v) is 7.25. The molecule has 0 radical (unpaired) electrons. The van der Waals surface area contributed by atoms with Crippen molar-refractivity contribution in [1.82, 2.24) is 20.2 Å². The molecule has 1 aromatic heterocycles. The number of fused-ring (bicyclic) bond motifs is 1. The molecule has 0 bridgehead atoms. The van der Waals surface area contributed by atoms with Crippen LogP contribution in [-0.4, -0.2) is 41.5 Å². The molecule has 108 valence electrons. The van der Waals surface area contributed by atoms with E-state index in [-0.39, 0.29) is 0 Å². The Hall–Kier alpha value is -1.52. The lowest BCUT2D eigenvalue weighted by molar-refractivity contribution is 0.318. The summed E-state index contributed by atoms with van der Waals surface area (Å²) in [6.07, 6.45) is 1.88. The molecular weight excluding hydrogens is 248 g/mol. The summed E-state index contributed by atoms with van der Waals surface area (Å²) in [5.74, 6) is 0.701. The van der Waals surface area contributed by atoms with Gasteiger partial charge in [0.2, 0.25) is 0 Å². The van der Waals surface area contributed by atoms with Crippen LogP contribution in [0, 0.1) is 5.92 Å². The van der Waals surface area contributed by atoms with Crippen LogP contribution in [0.25, 0.3) is 11.0 Å². The summed E-state index contributed by atoms with van der Waals surface area (Å²) in [6.45, 7) is 8.38. The van der Waals surface area contributed by atoms with Crippen LogP contribution in [0.5, 0.6) is 0 Å². The van der Waals surface area contributed by atoms with Crippen molar-refractivity contribution in [3.63, 3.8) is 0 Å². The van der Waals surface area contributed by atoms with E-state index in [1.807, 2.05) is 30.5 Å². The molecule has 1 aromatic carbocycles. The number of likely N-dealkylation sites (N-methyl/N-ethyl adjacent to an activating group) is 1. The molecule has 2 rings (SSSR count). The van der Waals surface area contributed by atoms with Gasteiger partial charge in [0, 0.05) is 19.6 Å². The minimum absolute atomic E-state index is 0.701. The summed E-state index contributed by atoms with van der Waals surface area (Å²) >= 11 is 0. The summed E-state index contributed by atoms with van der Waals surface area (Å²) in [6, 6.07) is 7.99. The summed E-state index contributed by atoms with van der Waals surface area (Å²) in [4.78, 5) is 11.4. The smallest absolute Gasteiger partial charge is 0.0890 e. The zero-order valence-electron chi connectivity index (χ0n) is 12.6. The Morgan fingerprint density at radius 2 is 1.95 bits per heavy atom. The van der Waals surface area contributed by atoms with Gasteiger partial charge in [-0.05, 0) is 31.6 Å². The molecule has 20 heavy (non-hydrogen) atoms. The number of nitrogens with one attached hydrogen (secondary N) is 1. The molecule has 0 saturated carbocycles. The highest BCUT2D eigenvalue weighted by Gasteiger charge is 2.03. The lowest BCUT2D eigenvalue weighted by Gasteiger charge is -2.17. The number of hydrogen-bond donors (Lipinski definition) is 1. The number of nitrogens with zero attached hydrogens (tertiary/aromatic N) is 3. The molecule has 2 aromatic rings. The standard InChI is InChI=1S/C16H24N4/c1-13(2)10-17-8-9-20(3)12-14-11-18-15-6-4-5-7-16(15)19-14/h4-7,11,13,17H,8-10,12H2,1-3H3. The van der Waals surface area contributed by atoms with E-state index in [1.54, 1.807) is 0 Å². The number of benzene rings is 1. The fourth-order valence-corrected chi connectivity index (χ4v) is 2.09. The van der Waals surface area contributed by atoms with Gasteiger partial charge in [0.1, 0.15) is 0 Å². The third-order valence-electron chi connectivity index (χ3n) is 3.15. The molecule has 0 spiro atoms. The van der Waals surface area contributed by atoms with E-state index >= 15 is 0 Å². The van der Waals surface area contributed by atoms with Gasteiger partial charge in [-0.2, -0.15) is 0 Å². The van der Waals surface area contributed by atoms with Crippen LogP contribution in [0.2, 0.25) is 0 Å². The molecule has 1 N–H and O–H groups in total. The Balaban J connectivity index is 1.84. The van der Waals surface area contributed by atoms with Crippen LogP contribution in [0.1, 0.15) is 19.5 Å². The van der Waals surface area contributed by atoms with Gasteiger partial charge in [-0.15, -0.1) is 0 Å². The minimum Gasteiger partial charge on any atom is -0.315 e. The van der Waals surface area contributed by atoms with Crippen molar-refractivity contribution in [3.8, 4) is 0 Å². The van der Waals surface area contributed by atoms with Crippen LogP contribution < -0.4 is 5.32 Å². The minimum atomic E-state index is 0.701. The van der Waals surface area contributed by atoms with Gasteiger partial charge in [-0.1, -0.05) is 26.0 Å². The van der Waals surface area contributed by atoms with E-state index in [1.165, 1.54) is 0 Å². The second-order valence-corrected chi connectivity index (χ2v) is 5.69. The summed E-state index contributed by atoms with van der Waals surface area (Å²) in [5, 5.41) is 3.45. The summed E-state index contributed by atoms with van der Waals surface area (Å²) in [5.41, 5.74) is 2.95. The second kappa shape index (κ2) is 7.31. The van der Waals surface area contributed by atoms with E-state index in [2.05, 4.69) is 41.1 Å². The van der Waals surface area contributed by atoms with Crippen LogP contribution in [0.15, 0.2) is 30.5 Å². The van der Waals surface area contributed by atoms with Crippen molar-refractivity contribution >= 4 is 11.0 Å². The zero-order chi connectivity index (χ0) is 14.4. The normalized spacial score (nSPS) is 11.7. The maximum atomic E-state index is 4.65. The molecule has 0 amide bonds. The Labute approximate surface area is 121 Å². The summed E-state index contributed by atoms with van der Waals surface area (Å²) < 4.78 is 0. The SMILES string of the molecule is CC(C)CNCCN(C)Cc1cnc2ccccc2n1. The van der Waals surface area contributed by atoms with Gasteiger partial charge >= 0.3 is 0 Å².